The zero-order valence-electron chi connectivity index (χ0n) is 8.42. The molecule has 0 aromatic carbocycles. The van der Waals surface area contributed by atoms with Crippen LogP contribution < -0.4 is 5.32 Å². The summed E-state index contributed by atoms with van der Waals surface area (Å²) in [5.74, 6) is 0. The molecule has 0 bridgehead atoms. The summed E-state index contributed by atoms with van der Waals surface area (Å²) in [6, 6.07) is 5.58. The van der Waals surface area contributed by atoms with Crippen molar-refractivity contribution in [1.82, 2.24) is 5.32 Å². The van der Waals surface area contributed by atoms with Crippen LogP contribution in [0.4, 0.5) is 0 Å². The molecular weight excluding hydrogens is 214 g/mol. The minimum absolute atomic E-state index is 0.642. The Labute approximate surface area is 94.5 Å². The second kappa shape index (κ2) is 4.65. The number of rotatable bonds is 5. The number of aryl methyl sites for hydroxylation is 1. The number of hydrogen-bond donors (Lipinski definition) is 1. The zero-order valence-corrected chi connectivity index (χ0v) is 10.00. The lowest BCUT2D eigenvalue weighted by atomic mass is 10.1. The molecule has 0 aliphatic heterocycles. The maximum absolute atomic E-state index is 5.87. The van der Waals surface area contributed by atoms with Gasteiger partial charge in [-0.05, 0) is 44.7 Å². The molecule has 1 aliphatic rings. The molecule has 78 valence electrons. The highest BCUT2D eigenvalue weighted by Crippen LogP contribution is 2.24. The lowest BCUT2D eigenvalue weighted by Gasteiger charge is -2.11. The van der Waals surface area contributed by atoms with Gasteiger partial charge in [0.2, 0.25) is 0 Å². The quantitative estimate of drug-likeness (QED) is 0.815. The molecule has 1 fully saturated rings. The summed E-state index contributed by atoms with van der Waals surface area (Å²) >= 11 is 7.57. The van der Waals surface area contributed by atoms with Crippen LogP contribution >= 0.6 is 22.9 Å². The van der Waals surface area contributed by atoms with Crippen LogP contribution in [0.3, 0.4) is 0 Å². The van der Waals surface area contributed by atoms with E-state index in [-0.39, 0.29) is 0 Å². The van der Waals surface area contributed by atoms with E-state index in [1.54, 1.807) is 11.3 Å². The highest BCUT2D eigenvalue weighted by molar-refractivity contribution is 7.16. The van der Waals surface area contributed by atoms with Crippen LogP contribution in [0.2, 0.25) is 4.34 Å². The van der Waals surface area contributed by atoms with Gasteiger partial charge in [-0.1, -0.05) is 11.6 Å². The van der Waals surface area contributed by atoms with Crippen LogP contribution in [0, 0.1) is 0 Å². The fourth-order valence-electron chi connectivity index (χ4n) is 1.58. The summed E-state index contributed by atoms with van der Waals surface area (Å²) < 4.78 is 0.905. The molecule has 0 radical (unpaired) electrons. The number of nitrogens with one attached hydrogen (secondary N) is 1. The number of hydrogen-bond acceptors (Lipinski definition) is 2. The second-order valence-electron chi connectivity index (χ2n) is 4.09. The first-order chi connectivity index (χ1) is 6.74. The summed E-state index contributed by atoms with van der Waals surface area (Å²) in [5.41, 5.74) is 0. The fourth-order valence-corrected chi connectivity index (χ4v) is 2.68. The Morgan fingerprint density at radius 1 is 1.57 bits per heavy atom. The largest absolute Gasteiger partial charge is 0.311 e. The predicted octanol–water partition coefficient (Wildman–Crippen LogP) is 3.47. The maximum atomic E-state index is 5.87. The summed E-state index contributed by atoms with van der Waals surface area (Å²) in [5, 5.41) is 3.60. The third-order valence-electron chi connectivity index (χ3n) is 2.55. The van der Waals surface area contributed by atoms with Crippen LogP contribution in [0.5, 0.6) is 0 Å². The van der Waals surface area contributed by atoms with Crippen molar-refractivity contribution in [2.45, 2.75) is 44.7 Å². The van der Waals surface area contributed by atoms with E-state index in [1.807, 2.05) is 6.07 Å². The van der Waals surface area contributed by atoms with E-state index in [1.165, 1.54) is 24.1 Å². The molecule has 1 atom stereocenters. The molecule has 1 aliphatic carbocycles. The summed E-state index contributed by atoms with van der Waals surface area (Å²) in [7, 11) is 0. The van der Waals surface area contributed by atoms with E-state index in [0.717, 1.165) is 16.8 Å². The van der Waals surface area contributed by atoms with Gasteiger partial charge in [0.1, 0.15) is 0 Å². The molecule has 1 N–H and O–H groups in total. The van der Waals surface area contributed by atoms with Crippen LogP contribution in [-0.2, 0) is 6.42 Å². The van der Waals surface area contributed by atoms with E-state index in [2.05, 4.69) is 18.3 Å². The third-order valence-corrected chi connectivity index (χ3v) is 3.84. The van der Waals surface area contributed by atoms with Crippen LogP contribution in [0.15, 0.2) is 12.1 Å². The Hall–Kier alpha value is -0.0500. The van der Waals surface area contributed by atoms with Crippen LogP contribution in [0.25, 0.3) is 0 Å². The molecule has 3 heteroatoms. The van der Waals surface area contributed by atoms with Gasteiger partial charge in [-0.2, -0.15) is 0 Å². The number of halogens is 1. The monoisotopic (exact) mass is 229 g/mol. The molecule has 14 heavy (non-hydrogen) atoms. The maximum Gasteiger partial charge on any atom is 0.0931 e. The van der Waals surface area contributed by atoms with Crippen molar-refractivity contribution in [3.63, 3.8) is 0 Å². The van der Waals surface area contributed by atoms with Crippen molar-refractivity contribution in [3.05, 3.63) is 21.3 Å². The lowest BCUT2D eigenvalue weighted by Crippen LogP contribution is -2.28. The van der Waals surface area contributed by atoms with Crippen molar-refractivity contribution >= 4 is 22.9 Å². The van der Waals surface area contributed by atoms with Gasteiger partial charge in [0.15, 0.2) is 0 Å². The van der Waals surface area contributed by atoms with Crippen molar-refractivity contribution < 1.29 is 0 Å². The van der Waals surface area contributed by atoms with Gasteiger partial charge in [-0.15, -0.1) is 11.3 Å². The second-order valence-corrected chi connectivity index (χ2v) is 5.89. The Balaban J connectivity index is 1.70. The van der Waals surface area contributed by atoms with Gasteiger partial charge in [0.05, 0.1) is 4.34 Å². The highest BCUT2D eigenvalue weighted by atomic mass is 35.5. The fraction of sp³-hybridized carbons (Fsp3) is 0.636. The summed E-state index contributed by atoms with van der Waals surface area (Å²) in [6.07, 6.45) is 5.11. The SMILES string of the molecule is CC(CCc1ccc(Cl)s1)NC1CC1. The minimum atomic E-state index is 0.642. The molecular formula is C11H16ClNS. The standard InChI is InChI=1S/C11H16ClNS/c1-8(13-9-3-4-9)2-5-10-6-7-11(12)14-10/h6-9,13H,2-5H2,1H3. The summed E-state index contributed by atoms with van der Waals surface area (Å²) in [4.78, 5) is 1.40. The predicted molar refractivity (Wildman–Crippen MR) is 63.3 cm³/mol. The molecule has 1 aromatic rings. The molecule has 0 amide bonds. The first-order valence-electron chi connectivity index (χ1n) is 5.24. The topological polar surface area (TPSA) is 12.0 Å². The average Bonchev–Trinajstić information content (AvgIpc) is 2.85. The van der Waals surface area contributed by atoms with E-state index < -0.39 is 0 Å². The van der Waals surface area contributed by atoms with Gasteiger partial charge >= 0.3 is 0 Å². The molecule has 0 saturated heterocycles. The molecule has 1 unspecified atom stereocenters. The highest BCUT2D eigenvalue weighted by Gasteiger charge is 2.22. The average molecular weight is 230 g/mol. The molecule has 1 nitrogen and oxygen atoms in total. The van der Waals surface area contributed by atoms with Crippen LogP contribution in [0.1, 0.15) is 31.1 Å². The van der Waals surface area contributed by atoms with Crippen molar-refractivity contribution in [1.29, 1.82) is 0 Å². The molecule has 1 aromatic heterocycles. The Kier molecular flexibility index (Phi) is 3.47. The molecule has 1 heterocycles. The van der Waals surface area contributed by atoms with E-state index in [4.69, 9.17) is 11.6 Å². The van der Waals surface area contributed by atoms with E-state index >= 15 is 0 Å². The van der Waals surface area contributed by atoms with Gasteiger partial charge in [0.25, 0.3) is 0 Å². The van der Waals surface area contributed by atoms with Crippen LogP contribution in [-0.4, -0.2) is 12.1 Å². The van der Waals surface area contributed by atoms with Crippen molar-refractivity contribution in [2.75, 3.05) is 0 Å². The zero-order chi connectivity index (χ0) is 9.97. The molecule has 1 saturated carbocycles. The Bertz CT molecular complexity index is 293. The Morgan fingerprint density at radius 2 is 2.36 bits per heavy atom. The van der Waals surface area contributed by atoms with Gasteiger partial charge in [-0.25, -0.2) is 0 Å². The minimum Gasteiger partial charge on any atom is -0.311 e. The third kappa shape index (κ3) is 3.26. The first kappa shape index (κ1) is 10.5. The smallest absolute Gasteiger partial charge is 0.0931 e. The van der Waals surface area contributed by atoms with E-state index in [0.29, 0.717) is 6.04 Å². The van der Waals surface area contributed by atoms with Gasteiger partial charge in [-0.3, -0.25) is 0 Å². The van der Waals surface area contributed by atoms with Gasteiger partial charge < -0.3 is 5.32 Å². The molecule has 2 rings (SSSR count). The van der Waals surface area contributed by atoms with Crippen molar-refractivity contribution in [3.8, 4) is 0 Å². The Morgan fingerprint density at radius 3 is 2.93 bits per heavy atom. The number of thiophene rings is 1. The van der Waals surface area contributed by atoms with Gasteiger partial charge in [0, 0.05) is 17.0 Å². The summed E-state index contributed by atoms with van der Waals surface area (Å²) in [6.45, 7) is 2.27. The first-order valence-corrected chi connectivity index (χ1v) is 6.44. The normalized spacial score (nSPS) is 18.4. The lowest BCUT2D eigenvalue weighted by molar-refractivity contribution is 0.513. The van der Waals surface area contributed by atoms with Crippen molar-refractivity contribution in [2.24, 2.45) is 0 Å². The van der Waals surface area contributed by atoms with E-state index in [9.17, 15) is 0 Å². The molecule has 0 spiro atoms.